The fraction of sp³-hybridized carbons (Fsp3) is 0.778. The standard InChI is InChI=1S/C9H16N2O4/c1-15-5-6(12)4-10-9(14)7-2-3-8(13)11-7/h6-7,12H,2-5H2,1H3,(H,10,14)(H,11,13)/t6?,7-/m0/s1. The van der Waals surface area contributed by atoms with Crippen LogP contribution >= 0.6 is 0 Å². The molecule has 0 saturated carbocycles. The molecule has 2 amide bonds. The van der Waals surface area contributed by atoms with Gasteiger partial charge in [0.05, 0.1) is 12.7 Å². The molecule has 15 heavy (non-hydrogen) atoms. The van der Waals surface area contributed by atoms with Gasteiger partial charge in [-0.25, -0.2) is 0 Å². The van der Waals surface area contributed by atoms with Crippen LogP contribution in [-0.2, 0) is 14.3 Å². The normalized spacial score (nSPS) is 22.3. The van der Waals surface area contributed by atoms with Crippen LogP contribution in [0.5, 0.6) is 0 Å². The summed E-state index contributed by atoms with van der Waals surface area (Å²) in [6, 6.07) is -0.452. The Morgan fingerprint density at radius 3 is 3.07 bits per heavy atom. The summed E-state index contributed by atoms with van der Waals surface area (Å²) in [7, 11) is 1.47. The molecule has 1 unspecified atom stereocenters. The van der Waals surface area contributed by atoms with Crippen LogP contribution in [0.4, 0.5) is 0 Å². The van der Waals surface area contributed by atoms with Crippen molar-refractivity contribution in [2.24, 2.45) is 0 Å². The van der Waals surface area contributed by atoms with Crippen molar-refractivity contribution in [2.75, 3.05) is 20.3 Å². The number of methoxy groups -OCH3 is 1. The zero-order valence-electron chi connectivity index (χ0n) is 8.66. The van der Waals surface area contributed by atoms with Crippen molar-refractivity contribution < 1.29 is 19.4 Å². The number of ether oxygens (including phenoxy) is 1. The lowest BCUT2D eigenvalue weighted by Gasteiger charge is -2.13. The fourth-order valence-corrected chi connectivity index (χ4v) is 1.40. The highest BCUT2D eigenvalue weighted by molar-refractivity contribution is 5.90. The first-order chi connectivity index (χ1) is 7.13. The van der Waals surface area contributed by atoms with Crippen molar-refractivity contribution in [3.8, 4) is 0 Å². The van der Waals surface area contributed by atoms with E-state index < -0.39 is 12.1 Å². The molecule has 1 aliphatic rings. The maximum absolute atomic E-state index is 11.4. The Kier molecular flexibility index (Phi) is 4.51. The van der Waals surface area contributed by atoms with Crippen LogP contribution in [0.25, 0.3) is 0 Å². The minimum Gasteiger partial charge on any atom is -0.389 e. The van der Waals surface area contributed by atoms with E-state index in [0.29, 0.717) is 12.8 Å². The predicted octanol–water partition coefficient (Wildman–Crippen LogP) is -1.61. The third kappa shape index (κ3) is 3.85. The van der Waals surface area contributed by atoms with Gasteiger partial charge >= 0.3 is 0 Å². The number of aliphatic hydroxyl groups is 1. The average Bonchev–Trinajstić information content (AvgIpc) is 2.62. The monoisotopic (exact) mass is 216 g/mol. The quantitative estimate of drug-likeness (QED) is 0.516. The van der Waals surface area contributed by atoms with Gasteiger partial charge in [-0.2, -0.15) is 0 Å². The largest absolute Gasteiger partial charge is 0.389 e. The molecule has 2 atom stereocenters. The zero-order valence-corrected chi connectivity index (χ0v) is 8.66. The van der Waals surface area contributed by atoms with Gasteiger partial charge in [0.2, 0.25) is 11.8 Å². The van der Waals surface area contributed by atoms with E-state index in [0.717, 1.165) is 0 Å². The lowest BCUT2D eigenvalue weighted by molar-refractivity contribution is -0.126. The number of hydrogen-bond acceptors (Lipinski definition) is 4. The molecular weight excluding hydrogens is 200 g/mol. The van der Waals surface area contributed by atoms with Crippen LogP contribution < -0.4 is 10.6 Å². The van der Waals surface area contributed by atoms with E-state index in [-0.39, 0.29) is 25.0 Å². The minimum atomic E-state index is -0.712. The second-order valence-electron chi connectivity index (χ2n) is 3.51. The molecule has 1 heterocycles. The van der Waals surface area contributed by atoms with Crippen LogP contribution in [0.15, 0.2) is 0 Å². The number of amides is 2. The van der Waals surface area contributed by atoms with Gasteiger partial charge in [-0.3, -0.25) is 9.59 Å². The molecule has 86 valence electrons. The maximum atomic E-state index is 11.4. The highest BCUT2D eigenvalue weighted by atomic mass is 16.5. The smallest absolute Gasteiger partial charge is 0.242 e. The first kappa shape index (κ1) is 11.9. The molecular formula is C9H16N2O4. The summed E-state index contributed by atoms with van der Waals surface area (Å²) in [4.78, 5) is 22.3. The highest BCUT2D eigenvalue weighted by Crippen LogP contribution is 2.05. The van der Waals surface area contributed by atoms with E-state index in [1.54, 1.807) is 0 Å². The van der Waals surface area contributed by atoms with Gasteiger partial charge in [0.1, 0.15) is 6.04 Å². The summed E-state index contributed by atoms with van der Waals surface area (Å²) in [5.41, 5.74) is 0. The average molecular weight is 216 g/mol. The van der Waals surface area contributed by atoms with Crippen molar-refractivity contribution in [1.82, 2.24) is 10.6 Å². The van der Waals surface area contributed by atoms with Crippen LogP contribution in [0, 0.1) is 0 Å². The summed E-state index contributed by atoms with van der Waals surface area (Å²) in [6.07, 6.45) is 0.195. The lowest BCUT2D eigenvalue weighted by Crippen LogP contribution is -2.44. The summed E-state index contributed by atoms with van der Waals surface area (Å²) < 4.78 is 4.71. The molecule has 0 aromatic rings. The zero-order chi connectivity index (χ0) is 11.3. The number of carbonyl (C=O) groups is 2. The number of aliphatic hydroxyl groups excluding tert-OH is 1. The van der Waals surface area contributed by atoms with Crippen LogP contribution in [0.3, 0.4) is 0 Å². The van der Waals surface area contributed by atoms with Crippen molar-refractivity contribution in [2.45, 2.75) is 25.0 Å². The number of hydrogen-bond donors (Lipinski definition) is 3. The van der Waals surface area contributed by atoms with Gasteiger partial charge in [-0.05, 0) is 6.42 Å². The van der Waals surface area contributed by atoms with E-state index in [4.69, 9.17) is 4.74 Å². The molecule has 1 aliphatic heterocycles. The van der Waals surface area contributed by atoms with Crippen molar-refractivity contribution in [1.29, 1.82) is 0 Å². The van der Waals surface area contributed by atoms with E-state index in [1.165, 1.54) is 7.11 Å². The highest BCUT2D eigenvalue weighted by Gasteiger charge is 2.27. The molecule has 1 rings (SSSR count). The summed E-state index contributed by atoms with van der Waals surface area (Å²) in [5.74, 6) is -0.358. The summed E-state index contributed by atoms with van der Waals surface area (Å²) in [5, 5.41) is 14.4. The molecule has 0 aliphatic carbocycles. The summed E-state index contributed by atoms with van der Waals surface area (Å²) >= 11 is 0. The van der Waals surface area contributed by atoms with E-state index >= 15 is 0 Å². The Balaban J connectivity index is 2.21. The molecule has 0 bridgehead atoms. The molecule has 0 radical (unpaired) electrons. The van der Waals surface area contributed by atoms with Crippen molar-refractivity contribution in [3.05, 3.63) is 0 Å². The fourth-order valence-electron chi connectivity index (χ4n) is 1.40. The first-order valence-corrected chi connectivity index (χ1v) is 4.87. The van der Waals surface area contributed by atoms with Gasteiger partial charge in [0.15, 0.2) is 0 Å². The van der Waals surface area contributed by atoms with Crippen LogP contribution in [0.2, 0.25) is 0 Å². The topological polar surface area (TPSA) is 87.7 Å². The van der Waals surface area contributed by atoms with E-state index in [1.807, 2.05) is 0 Å². The second kappa shape index (κ2) is 5.67. The molecule has 6 nitrogen and oxygen atoms in total. The van der Waals surface area contributed by atoms with Gasteiger partial charge < -0.3 is 20.5 Å². The second-order valence-corrected chi connectivity index (χ2v) is 3.51. The molecule has 0 aromatic heterocycles. The van der Waals surface area contributed by atoms with Gasteiger partial charge in [-0.1, -0.05) is 0 Å². The van der Waals surface area contributed by atoms with E-state index in [2.05, 4.69) is 10.6 Å². The van der Waals surface area contributed by atoms with Gasteiger partial charge in [0.25, 0.3) is 0 Å². The Hall–Kier alpha value is -1.14. The van der Waals surface area contributed by atoms with Crippen molar-refractivity contribution >= 4 is 11.8 Å². The van der Waals surface area contributed by atoms with E-state index in [9.17, 15) is 14.7 Å². The minimum absolute atomic E-state index is 0.104. The molecule has 1 fully saturated rings. The Morgan fingerprint density at radius 2 is 2.53 bits per heavy atom. The first-order valence-electron chi connectivity index (χ1n) is 4.87. The van der Waals surface area contributed by atoms with Crippen molar-refractivity contribution in [3.63, 3.8) is 0 Å². The molecule has 1 saturated heterocycles. The molecule has 6 heteroatoms. The summed E-state index contributed by atoms with van der Waals surface area (Å²) in [6.45, 7) is 0.316. The predicted molar refractivity (Wildman–Crippen MR) is 52.1 cm³/mol. The Labute approximate surface area is 88.0 Å². The maximum Gasteiger partial charge on any atom is 0.242 e. The van der Waals surface area contributed by atoms with Gasteiger partial charge in [-0.15, -0.1) is 0 Å². The number of carbonyl (C=O) groups excluding carboxylic acids is 2. The molecule has 3 N–H and O–H groups in total. The van der Waals surface area contributed by atoms with Crippen LogP contribution in [0.1, 0.15) is 12.8 Å². The lowest BCUT2D eigenvalue weighted by atomic mass is 10.2. The molecule has 0 spiro atoms. The SMILES string of the molecule is COCC(O)CNC(=O)[C@@H]1CCC(=O)N1. The Bertz CT molecular complexity index is 244. The van der Waals surface area contributed by atoms with Gasteiger partial charge in [0, 0.05) is 20.1 Å². The Morgan fingerprint density at radius 1 is 1.80 bits per heavy atom. The number of rotatable bonds is 5. The third-order valence-corrected chi connectivity index (χ3v) is 2.18. The van der Waals surface area contributed by atoms with Crippen LogP contribution in [-0.4, -0.2) is 49.3 Å². The molecule has 0 aromatic carbocycles. The number of nitrogens with one attached hydrogen (secondary N) is 2. The third-order valence-electron chi connectivity index (χ3n) is 2.18.